The van der Waals surface area contributed by atoms with Gasteiger partial charge in [0, 0.05) is 40.1 Å². The van der Waals surface area contributed by atoms with Gasteiger partial charge in [-0.2, -0.15) is 0 Å². The molecule has 5 nitrogen and oxygen atoms in total. The number of hydrogen-bond acceptors (Lipinski definition) is 2. The molecule has 2 amide bonds. The Balaban J connectivity index is 1.63. The van der Waals surface area contributed by atoms with Gasteiger partial charge in [-0.3, -0.25) is 9.59 Å². The number of halogens is 2. The largest absolute Gasteiger partial charge is 0.357 e. The van der Waals surface area contributed by atoms with E-state index in [1.54, 1.807) is 29.2 Å². The Bertz CT molecular complexity index is 1080. The van der Waals surface area contributed by atoms with Crippen LogP contribution in [0.25, 0.3) is 10.9 Å². The summed E-state index contributed by atoms with van der Waals surface area (Å²) in [5.74, 6) is -0.420. The first-order chi connectivity index (χ1) is 13.4. The zero-order valence-electron chi connectivity index (χ0n) is 15.3. The highest BCUT2D eigenvalue weighted by molar-refractivity contribution is 6.31. The smallest absolute Gasteiger partial charge is 0.250 e. The zero-order valence-corrected chi connectivity index (χ0v) is 16.8. The number of aromatic nitrogens is 1. The van der Waals surface area contributed by atoms with Crippen molar-refractivity contribution < 1.29 is 9.59 Å². The molecule has 2 heterocycles. The molecule has 0 bridgehead atoms. The number of nitrogens with one attached hydrogen (secondary N) is 2. The third kappa shape index (κ3) is 3.60. The van der Waals surface area contributed by atoms with Crippen LogP contribution in [0.5, 0.6) is 0 Å². The molecule has 2 N–H and O–H groups in total. The van der Waals surface area contributed by atoms with Gasteiger partial charge in [0.15, 0.2) is 0 Å². The van der Waals surface area contributed by atoms with Crippen LogP contribution in [0.15, 0.2) is 42.5 Å². The van der Waals surface area contributed by atoms with Crippen LogP contribution in [0.1, 0.15) is 29.8 Å². The van der Waals surface area contributed by atoms with E-state index in [9.17, 15) is 9.59 Å². The van der Waals surface area contributed by atoms with Gasteiger partial charge >= 0.3 is 0 Å². The van der Waals surface area contributed by atoms with Crippen molar-refractivity contribution in [1.29, 1.82) is 0 Å². The van der Waals surface area contributed by atoms with Gasteiger partial charge in [0.05, 0.1) is 6.54 Å². The lowest BCUT2D eigenvalue weighted by Gasteiger charge is -2.31. The second kappa shape index (κ2) is 7.49. The molecule has 1 atom stereocenters. The number of aromatic amines is 1. The molecule has 2 aromatic carbocycles. The van der Waals surface area contributed by atoms with Gasteiger partial charge < -0.3 is 15.2 Å². The van der Waals surface area contributed by atoms with Crippen molar-refractivity contribution in [2.45, 2.75) is 25.9 Å². The lowest BCUT2D eigenvalue weighted by atomic mass is 10.0. The second-order valence-corrected chi connectivity index (χ2v) is 7.84. The Morgan fingerprint density at radius 2 is 1.93 bits per heavy atom. The first-order valence-corrected chi connectivity index (χ1v) is 9.78. The molecule has 0 radical (unpaired) electrons. The van der Waals surface area contributed by atoms with E-state index < -0.39 is 6.04 Å². The average Bonchev–Trinajstić information content (AvgIpc) is 3.02. The lowest BCUT2D eigenvalue weighted by molar-refractivity contribution is -0.137. The molecule has 1 aromatic heterocycles. The molecule has 28 heavy (non-hydrogen) atoms. The maximum absolute atomic E-state index is 13.3. The topological polar surface area (TPSA) is 65.2 Å². The van der Waals surface area contributed by atoms with Crippen LogP contribution in [0.4, 0.5) is 0 Å². The standard InChI is InChI=1S/C21H19Cl2N3O2/c1-12(27)24-20(13-3-2-4-14(22)9-13)21(28)26-8-7-16-17-10-15(23)5-6-18(17)25-19(16)11-26/h2-6,9-10,20,25H,7-8,11H2,1H3,(H,24,27). The summed E-state index contributed by atoms with van der Waals surface area (Å²) in [6, 6.07) is 12.0. The number of carbonyl (C=O) groups excluding carboxylic acids is 2. The molecule has 1 aliphatic rings. The predicted octanol–water partition coefficient (Wildman–Crippen LogP) is 4.24. The van der Waals surface area contributed by atoms with Crippen molar-refractivity contribution in [3.05, 3.63) is 69.3 Å². The summed E-state index contributed by atoms with van der Waals surface area (Å²) in [4.78, 5) is 30.1. The van der Waals surface area contributed by atoms with Gasteiger partial charge in [-0.1, -0.05) is 35.3 Å². The Kier molecular flexibility index (Phi) is 5.04. The van der Waals surface area contributed by atoms with Crippen LogP contribution < -0.4 is 5.32 Å². The predicted molar refractivity (Wildman–Crippen MR) is 110 cm³/mol. The number of nitrogens with zero attached hydrogens (tertiary/aromatic N) is 1. The van der Waals surface area contributed by atoms with E-state index in [1.165, 1.54) is 12.5 Å². The number of amides is 2. The molecule has 144 valence electrons. The van der Waals surface area contributed by atoms with Crippen LogP contribution in [0.2, 0.25) is 10.0 Å². The second-order valence-electron chi connectivity index (χ2n) is 6.97. The van der Waals surface area contributed by atoms with Crippen molar-refractivity contribution in [2.75, 3.05) is 6.54 Å². The molecule has 0 saturated carbocycles. The molecule has 3 aromatic rings. The molecule has 0 spiro atoms. The molecule has 4 rings (SSSR count). The Hall–Kier alpha value is -2.50. The fourth-order valence-corrected chi connectivity index (χ4v) is 4.13. The Morgan fingerprint density at radius 3 is 2.68 bits per heavy atom. The Morgan fingerprint density at radius 1 is 1.14 bits per heavy atom. The molecular formula is C21H19Cl2N3O2. The van der Waals surface area contributed by atoms with E-state index in [4.69, 9.17) is 23.2 Å². The van der Waals surface area contributed by atoms with Crippen molar-refractivity contribution in [3.8, 4) is 0 Å². The van der Waals surface area contributed by atoms with Gasteiger partial charge in [-0.15, -0.1) is 0 Å². The van der Waals surface area contributed by atoms with E-state index in [2.05, 4.69) is 10.3 Å². The minimum absolute atomic E-state index is 0.153. The fraction of sp³-hybridized carbons (Fsp3) is 0.238. The minimum Gasteiger partial charge on any atom is -0.357 e. The summed E-state index contributed by atoms with van der Waals surface area (Å²) in [5.41, 5.74) is 3.88. The number of benzene rings is 2. The van der Waals surface area contributed by atoms with Crippen LogP contribution >= 0.6 is 23.2 Å². The molecule has 7 heteroatoms. The van der Waals surface area contributed by atoms with E-state index in [-0.39, 0.29) is 11.8 Å². The number of rotatable bonds is 3. The first-order valence-electron chi connectivity index (χ1n) is 9.02. The summed E-state index contributed by atoms with van der Waals surface area (Å²) in [6.07, 6.45) is 0.726. The third-order valence-corrected chi connectivity index (χ3v) is 5.50. The van der Waals surface area contributed by atoms with Gasteiger partial charge in [-0.25, -0.2) is 0 Å². The monoisotopic (exact) mass is 415 g/mol. The van der Waals surface area contributed by atoms with Crippen LogP contribution in [0.3, 0.4) is 0 Å². The number of carbonyl (C=O) groups is 2. The summed E-state index contributed by atoms with van der Waals surface area (Å²) < 4.78 is 0. The van der Waals surface area contributed by atoms with Gasteiger partial charge in [-0.05, 0) is 47.9 Å². The Labute approximate surface area is 172 Å². The molecule has 0 fully saturated rings. The number of H-pyrrole nitrogens is 1. The molecule has 0 aliphatic carbocycles. The van der Waals surface area contributed by atoms with Crippen molar-refractivity contribution in [3.63, 3.8) is 0 Å². The maximum atomic E-state index is 13.3. The lowest BCUT2D eigenvalue weighted by Crippen LogP contribution is -2.44. The van der Waals surface area contributed by atoms with Crippen molar-refractivity contribution in [2.24, 2.45) is 0 Å². The third-order valence-electron chi connectivity index (χ3n) is 5.03. The molecule has 0 saturated heterocycles. The molecule has 1 unspecified atom stereocenters. The highest BCUT2D eigenvalue weighted by Gasteiger charge is 2.30. The van der Waals surface area contributed by atoms with Gasteiger partial charge in [0.1, 0.15) is 6.04 Å². The minimum atomic E-state index is -0.767. The van der Waals surface area contributed by atoms with E-state index in [1.807, 2.05) is 18.2 Å². The fourth-order valence-electron chi connectivity index (χ4n) is 3.76. The highest BCUT2D eigenvalue weighted by Crippen LogP contribution is 2.31. The van der Waals surface area contributed by atoms with Crippen LogP contribution in [0, 0.1) is 0 Å². The molecular weight excluding hydrogens is 397 g/mol. The van der Waals surface area contributed by atoms with Gasteiger partial charge in [0.25, 0.3) is 0 Å². The van der Waals surface area contributed by atoms with Crippen LogP contribution in [-0.4, -0.2) is 28.2 Å². The van der Waals surface area contributed by atoms with Gasteiger partial charge in [0.2, 0.25) is 11.8 Å². The van der Waals surface area contributed by atoms with E-state index in [0.717, 1.165) is 23.0 Å². The number of hydrogen-bond donors (Lipinski definition) is 2. The van der Waals surface area contributed by atoms with Crippen LogP contribution in [-0.2, 0) is 22.6 Å². The van der Waals surface area contributed by atoms with Crippen molar-refractivity contribution in [1.82, 2.24) is 15.2 Å². The number of fused-ring (bicyclic) bond motifs is 3. The maximum Gasteiger partial charge on any atom is 0.250 e. The normalized spacial score (nSPS) is 14.6. The zero-order chi connectivity index (χ0) is 19.8. The summed E-state index contributed by atoms with van der Waals surface area (Å²) in [7, 11) is 0. The summed E-state index contributed by atoms with van der Waals surface area (Å²) in [5, 5.41) is 5.08. The highest BCUT2D eigenvalue weighted by atomic mass is 35.5. The summed E-state index contributed by atoms with van der Waals surface area (Å²) in [6.45, 7) is 2.43. The summed E-state index contributed by atoms with van der Waals surface area (Å²) >= 11 is 12.2. The average molecular weight is 416 g/mol. The first kappa shape index (κ1) is 18.8. The van der Waals surface area contributed by atoms with Crippen molar-refractivity contribution >= 4 is 45.9 Å². The quantitative estimate of drug-likeness (QED) is 0.671. The SMILES string of the molecule is CC(=O)NC(C(=O)N1CCc2c([nH]c3ccc(Cl)cc23)C1)c1cccc(Cl)c1. The molecule has 1 aliphatic heterocycles. The van der Waals surface area contributed by atoms with E-state index >= 15 is 0 Å². The van der Waals surface area contributed by atoms with E-state index in [0.29, 0.717) is 28.7 Å².